The van der Waals surface area contributed by atoms with E-state index in [-0.39, 0.29) is 18.4 Å². The molecule has 1 fully saturated rings. The molecule has 0 aromatic heterocycles. The summed E-state index contributed by atoms with van der Waals surface area (Å²) in [6.45, 7) is 5.63. The van der Waals surface area contributed by atoms with Crippen LogP contribution in [0.25, 0.3) is 0 Å². The van der Waals surface area contributed by atoms with Crippen LogP contribution in [-0.2, 0) is 9.53 Å². The quantitative estimate of drug-likeness (QED) is 0.472. The summed E-state index contributed by atoms with van der Waals surface area (Å²) in [5.41, 5.74) is 0. The van der Waals surface area contributed by atoms with Gasteiger partial charge in [-0.25, -0.2) is 0 Å². The number of nitrogens with one attached hydrogen (secondary N) is 1. The molecular weight excluding hydrogens is 298 g/mol. The highest BCUT2D eigenvalue weighted by Crippen LogP contribution is 2.26. The number of carbonyl (C=O) groups is 1. The van der Waals surface area contributed by atoms with Crippen LogP contribution < -0.4 is 5.32 Å². The fraction of sp³-hybridized carbons (Fsp3) is 0.941. The van der Waals surface area contributed by atoms with Crippen LogP contribution in [-0.4, -0.2) is 58.3 Å². The first-order chi connectivity index (χ1) is 10.9. The molecule has 0 bridgehead atoms. The van der Waals surface area contributed by atoms with E-state index in [0.29, 0.717) is 6.42 Å². The van der Waals surface area contributed by atoms with E-state index >= 15 is 0 Å². The predicted molar refractivity (Wildman–Crippen MR) is 87.9 cm³/mol. The van der Waals surface area contributed by atoms with Gasteiger partial charge in [-0.15, -0.1) is 0 Å². The first kappa shape index (κ1) is 20.4. The maximum absolute atomic E-state index is 12.1. The summed E-state index contributed by atoms with van der Waals surface area (Å²) < 4.78 is 5.68. The van der Waals surface area contributed by atoms with Crippen LogP contribution in [0.4, 0.5) is 0 Å². The van der Waals surface area contributed by atoms with Crippen LogP contribution in [0.15, 0.2) is 0 Å². The van der Waals surface area contributed by atoms with Gasteiger partial charge in [0.05, 0.1) is 18.8 Å². The Bertz CT molecular complexity index is 350. The second-order valence-corrected chi connectivity index (χ2v) is 6.80. The Morgan fingerprint density at radius 1 is 1.13 bits per heavy atom. The van der Waals surface area contributed by atoms with E-state index in [2.05, 4.69) is 12.2 Å². The van der Waals surface area contributed by atoms with Crippen molar-refractivity contribution in [2.75, 3.05) is 6.61 Å². The van der Waals surface area contributed by atoms with Crippen LogP contribution in [0.5, 0.6) is 0 Å². The molecule has 1 heterocycles. The molecule has 23 heavy (non-hydrogen) atoms. The summed E-state index contributed by atoms with van der Waals surface area (Å²) in [5.74, 6) is -0.0875. The van der Waals surface area contributed by atoms with Gasteiger partial charge in [-0.2, -0.15) is 0 Å². The van der Waals surface area contributed by atoms with E-state index < -0.39 is 30.5 Å². The second kappa shape index (κ2) is 10.2. The molecule has 0 saturated carbocycles. The van der Waals surface area contributed by atoms with E-state index in [4.69, 9.17) is 4.74 Å². The molecule has 1 amide bonds. The molecule has 0 aromatic carbocycles. The Morgan fingerprint density at radius 2 is 1.78 bits per heavy atom. The van der Waals surface area contributed by atoms with Crippen molar-refractivity contribution in [3.05, 3.63) is 0 Å². The van der Waals surface area contributed by atoms with Crippen molar-refractivity contribution in [3.63, 3.8) is 0 Å². The fourth-order valence-electron chi connectivity index (χ4n) is 3.03. The third-order valence-electron chi connectivity index (χ3n) is 4.46. The highest BCUT2D eigenvalue weighted by molar-refractivity contribution is 5.76. The number of hydrogen-bond donors (Lipinski definition) is 4. The number of carbonyl (C=O) groups excluding carboxylic acids is 1. The van der Waals surface area contributed by atoms with Gasteiger partial charge >= 0.3 is 0 Å². The largest absolute Gasteiger partial charge is 0.394 e. The number of hydrogen-bond acceptors (Lipinski definition) is 5. The Hall–Kier alpha value is -0.690. The van der Waals surface area contributed by atoms with Gasteiger partial charge in [0.15, 0.2) is 0 Å². The van der Waals surface area contributed by atoms with Gasteiger partial charge in [-0.05, 0) is 12.3 Å². The molecule has 2 unspecified atom stereocenters. The minimum atomic E-state index is -1.20. The first-order valence-corrected chi connectivity index (χ1v) is 8.84. The van der Waals surface area contributed by atoms with Crippen molar-refractivity contribution in [3.8, 4) is 0 Å². The normalized spacial score (nSPS) is 31.3. The fourth-order valence-corrected chi connectivity index (χ4v) is 3.03. The van der Waals surface area contributed by atoms with Crippen LogP contribution >= 0.6 is 0 Å². The molecule has 1 saturated heterocycles. The van der Waals surface area contributed by atoms with Crippen molar-refractivity contribution in [1.29, 1.82) is 0 Å². The number of ether oxygens (including phenoxy) is 1. The predicted octanol–water partition coefficient (Wildman–Crippen LogP) is 0.969. The SMILES string of the molecule is CCCCCCCC(=O)NC1[C@H](C(C)C)OC(CO)[C@@H](O)[C@@H]1O. The van der Waals surface area contributed by atoms with Crippen molar-refractivity contribution in [1.82, 2.24) is 5.32 Å². The summed E-state index contributed by atoms with van der Waals surface area (Å²) >= 11 is 0. The molecule has 1 rings (SSSR count). The summed E-state index contributed by atoms with van der Waals surface area (Å²) in [7, 11) is 0. The topological polar surface area (TPSA) is 99.0 Å². The summed E-state index contributed by atoms with van der Waals surface area (Å²) in [6, 6.07) is -0.657. The molecule has 0 radical (unpaired) electrons. The Morgan fingerprint density at radius 3 is 2.35 bits per heavy atom. The Labute approximate surface area is 139 Å². The van der Waals surface area contributed by atoms with E-state index in [1.807, 2.05) is 13.8 Å². The minimum Gasteiger partial charge on any atom is -0.394 e. The average molecular weight is 331 g/mol. The first-order valence-electron chi connectivity index (χ1n) is 8.84. The van der Waals surface area contributed by atoms with Crippen molar-refractivity contribution in [2.45, 2.75) is 89.8 Å². The molecule has 4 N–H and O–H groups in total. The van der Waals surface area contributed by atoms with Crippen LogP contribution in [0.1, 0.15) is 59.3 Å². The molecule has 136 valence electrons. The molecular formula is C17H33NO5. The van der Waals surface area contributed by atoms with Gasteiger partial charge in [0.1, 0.15) is 18.3 Å². The van der Waals surface area contributed by atoms with Gasteiger partial charge in [0.2, 0.25) is 5.91 Å². The lowest BCUT2D eigenvalue weighted by Gasteiger charge is -2.44. The van der Waals surface area contributed by atoms with Crippen molar-refractivity contribution in [2.24, 2.45) is 5.92 Å². The lowest BCUT2D eigenvalue weighted by atomic mass is 9.87. The Kier molecular flexibility index (Phi) is 9.06. The molecule has 1 aliphatic rings. The van der Waals surface area contributed by atoms with Gasteiger partial charge < -0.3 is 25.4 Å². The number of rotatable bonds is 9. The minimum absolute atomic E-state index is 0.0426. The number of amides is 1. The summed E-state index contributed by atoms with van der Waals surface area (Å²) in [6.07, 6.45) is 2.13. The number of unbranched alkanes of at least 4 members (excludes halogenated alkanes) is 4. The van der Waals surface area contributed by atoms with Crippen LogP contribution in [0, 0.1) is 5.92 Å². The average Bonchev–Trinajstić information content (AvgIpc) is 2.51. The standard InChI is InChI=1S/C17H33NO5/c1-4-5-6-7-8-9-13(20)18-14-16(22)15(21)12(10-19)23-17(14)11(2)3/h11-12,14-17,19,21-22H,4-10H2,1-3H3,(H,18,20)/t12?,14?,15-,16-,17+/m1/s1. The molecule has 6 nitrogen and oxygen atoms in total. The van der Waals surface area contributed by atoms with Gasteiger partial charge in [0.25, 0.3) is 0 Å². The van der Waals surface area contributed by atoms with E-state index in [9.17, 15) is 20.1 Å². The molecule has 0 aromatic rings. The zero-order valence-corrected chi connectivity index (χ0v) is 14.6. The lowest BCUT2D eigenvalue weighted by molar-refractivity contribution is -0.204. The number of aliphatic hydroxyl groups excluding tert-OH is 3. The van der Waals surface area contributed by atoms with Crippen LogP contribution in [0.3, 0.4) is 0 Å². The summed E-state index contributed by atoms with van der Waals surface area (Å²) in [4.78, 5) is 12.1. The monoisotopic (exact) mass is 331 g/mol. The van der Waals surface area contributed by atoms with Gasteiger partial charge in [0, 0.05) is 6.42 Å². The molecule has 0 spiro atoms. The van der Waals surface area contributed by atoms with Crippen LogP contribution in [0.2, 0.25) is 0 Å². The smallest absolute Gasteiger partial charge is 0.220 e. The molecule has 1 aliphatic heterocycles. The van der Waals surface area contributed by atoms with E-state index in [1.165, 1.54) is 6.42 Å². The molecule has 5 atom stereocenters. The zero-order chi connectivity index (χ0) is 17.4. The summed E-state index contributed by atoms with van der Waals surface area (Å²) in [5, 5.41) is 32.4. The lowest BCUT2D eigenvalue weighted by Crippen LogP contribution is -2.65. The number of aliphatic hydroxyl groups is 3. The second-order valence-electron chi connectivity index (χ2n) is 6.80. The zero-order valence-electron chi connectivity index (χ0n) is 14.6. The highest BCUT2D eigenvalue weighted by Gasteiger charge is 2.45. The third kappa shape index (κ3) is 6.03. The third-order valence-corrected chi connectivity index (χ3v) is 4.46. The van der Waals surface area contributed by atoms with Gasteiger partial charge in [-0.1, -0.05) is 46.5 Å². The van der Waals surface area contributed by atoms with Gasteiger partial charge in [-0.3, -0.25) is 4.79 Å². The Balaban J connectivity index is 2.55. The highest BCUT2D eigenvalue weighted by atomic mass is 16.5. The van der Waals surface area contributed by atoms with Crippen molar-refractivity contribution < 1.29 is 24.9 Å². The van der Waals surface area contributed by atoms with Crippen molar-refractivity contribution >= 4 is 5.91 Å². The maximum Gasteiger partial charge on any atom is 0.220 e. The molecule has 0 aliphatic carbocycles. The van der Waals surface area contributed by atoms with E-state index in [1.54, 1.807) is 0 Å². The maximum atomic E-state index is 12.1. The molecule has 6 heteroatoms. The van der Waals surface area contributed by atoms with E-state index in [0.717, 1.165) is 25.7 Å².